The first-order valence-corrected chi connectivity index (χ1v) is 15.0. The zero-order valence-electron chi connectivity index (χ0n) is 19.9. The Kier molecular flexibility index (Phi) is 7.89. The van der Waals surface area contributed by atoms with Crippen LogP contribution >= 0.6 is 23.2 Å². The molecule has 2 heterocycles. The maximum atomic E-state index is 13.6. The largest absolute Gasteiger partial charge is 0.432 e. The number of aromatic nitrogens is 3. The van der Waals surface area contributed by atoms with Gasteiger partial charge in [0.15, 0.2) is 8.32 Å². The van der Waals surface area contributed by atoms with Crippen LogP contribution in [0.15, 0.2) is 36.8 Å². The van der Waals surface area contributed by atoms with Crippen molar-refractivity contribution in [2.24, 2.45) is 0 Å². The molecule has 3 rings (SSSR count). The molecule has 1 aromatic carbocycles. The second kappa shape index (κ2) is 10.1. The van der Waals surface area contributed by atoms with Gasteiger partial charge in [0, 0.05) is 35.9 Å². The summed E-state index contributed by atoms with van der Waals surface area (Å²) in [4.78, 5) is 33.9. The Hall–Kier alpha value is -1.93. The molecule has 1 N–H and O–H groups in total. The van der Waals surface area contributed by atoms with Crippen LogP contribution in [0.3, 0.4) is 0 Å². The number of carbonyl (C=O) groups is 1. The molecule has 0 bridgehead atoms. The van der Waals surface area contributed by atoms with Crippen LogP contribution in [0, 0.1) is 0 Å². The number of amides is 1. The van der Waals surface area contributed by atoms with Gasteiger partial charge in [0.2, 0.25) is 0 Å². The summed E-state index contributed by atoms with van der Waals surface area (Å²) < 4.78 is 2.21. The van der Waals surface area contributed by atoms with E-state index in [0.29, 0.717) is 13.0 Å². The molecule has 0 aliphatic rings. The summed E-state index contributed by atoms with van der Waals surface area (Å²) in [7, 11) is -2.36. The zero-order chi connectivity index (χ0) is 24.4. The van der Waals surface area contributed by atoms with Crippen LogP contribution in [0.2, 0.25) is 28.4 Å². The molecule has 0 fully saturated rings. The van der Waals surface area contributed by atoms with Gasteiger partial charge < -0.3 is 14.3 Å². The molecule has 0 radical (unpaired) electrons. The highest BCUT2D eigenvalue weighted by atomic mass is 35.5. The Morgan fingerprint density at radius 1 is 1.18 bits per heavy atom. The number of aryl methyl sites for hydroxylation is 1. The van der Waals surface area contributed by atoms with Crippen LogP contribution in [-0.4, -0.2) is 40.1 Å². The van der Waals surface area contributed by atoms with E-state index in [0.717, 1.165) is 36.0 Å². The molecule has 0 atom stereocenters. The molecule has 0 unspecified atom stereocenters. The number of hydrogen-bond acceptors (Lipinski definition) is 4. The molecule has 3 aromatic rings. The first-order valence-electron chi connectivity index (χ1n) is 11.3. The number of carbonyl (C=O) groups excluding carboxylic acids is 1. The van der Waals surface area contributed by atoms with Crippen molar-refractivity contribution in [3.63, 3.8) is 0 Å². The quantitative estimate of drug-likeness (QED) is 0.263. The van der Waals surface area contributed by atoms with Crippen LogP contribution in [0.1, 0.15) is 50.4 Å². The second-order valence-electron chi connectivity index (χ2n) is 9.59. The van der Waals surface area contributed by atoms with Crippen molar-refractivity contribution in [1.29, 1.82) is 0 Å². The highest BCUT2D eigenvalue weighted by Crippen LogP contribution is 2.40. The lowest BCUT2D eigenvalue weighted by molar-refractivity contribution is 0.0986. The molecule has 6 nitrogen and oxygen atoms in total. The van der Waals surface area contributed by atoms with Gasteiger partial charge in [-0.2, -0.15) is 0 Å². The minimum absolute atomic E-state index is 0.0319. The highest BCUT2D eigenvalue weighted by molar-refractivity contribution is 6.72. The summed E-state index contributed by atoms with van der Waals surface area (Å²) >= 11 is 12.5. The van der Waals surface area contributed by atoms with E-state index in [-0.39, 0.29) is 26.8 Å². The van der Waals surface area contributed by atoms with Crippen molar-refractivity contribution in [2.45, 2.75) is 64.7 Å². The first kappa shape index (κ1) is 25.7. The topological polar surface area (TPSA) is 71.2 Å². The zero-order valence-corrected chi connectivity index (χ0v) is 22.4. The van der Waals surface area contributed by atoms with E-state index in [1.54, 1.807) is 4.90 Å². The molecule has 33 heavy (non-hydrogen) atoms. The molecule has 0 spiro atoms. The van der Waals surface area contributed by atoms with E-state index in [2.05, 4.69) is 47.6 Å². The van der Waals surface area contributed by atoms with Gasteiger partial charge >= 0.3 is 0 Å². The second-order valence-corrected chi connectivity index (χ2v) is 14.8. The van der Waals surface area contributed by atoms with Crippen LogP contribution in [0.5, 0.6) is 0 Å². The summed E-state index contributed by atoms with van der Waals surface area (Å²) in [5.74, 6) is -0.337. The summed E-state index contributed by atoms with van der Waals surface area (Å²) in [6.07, 6.45) is 5.85. The van der Waals surface area contributed by atoms with Crippen molar-refractivity contribution >= 4 is 54.0 Å². The van der Waals surface area contributed by atoms with Crippen molar-refractivity contribution in [1.82, 2.24) is 14.5 Å². The SMILES string of the molecule is CCCn1ccc2cc(N(CCCC(C)(C)[Si](C)(C)O)C(=O)c3c(Cl)ncnc3Cl)ccc21. The van der Waals surface area contributed by atoms with Crippen LogP contribution in [0.25, 0.3) is 10.9 Å². The predicted molar refractivity (Wildman–Crippen MR) is 139 cm³/mol. The molecule has 9 heteroatoms. The summed E-state index contributed by atoms with van der Waals surface area (Å²) in [6.45, 7) is 11.6. The lowest BCUT2D eigenvalue weighted by Crippen LogP contribution is -2.40. The standard InChI is InChI=1S/C24H32Cl2N4O2Si/c1-6-12-29-14-10-17-15-18(8-9-19(17)29)30(13-7-11-24(2,3)33(4,5)32)23(31)20-21(25)27-16-28-22(20)26/h8-10,14-16,32H,6-7,11-13H2,1-5H3. The number of hydrogen-bond donors (Lipinski definition) is 1. The molecule has 2 aromatic heterocycles. The molecule has 0 saturated heterocycles. The van der Waals surface area contributed by atoms with E-state index in [1.165, 1.54) is 6.33 Å². The summed E-state index contributed by atoms with van der Waals surface area (Å²) in [5.41, 5.74) is 1.98. The van der Waals surface area contributed by atoms with Gasteiger partial charge in [-0.05, 0) is 61.7 Å². The van der Waals surface area contributed by atoms with E-state index in [9.17, 15) is 9.59 Å². The maximum Gasteiger partial charge on any atom is 0.264 e. The average molecular weight is 508 g/mol. The van der Waals surface area contributed by atoms with E-state index < -0.39 is 8.32 Å². The minimum Gasteiger partial charge on any atom is -0.432 e. The monoisotopic (exact) mass is 506 g/mol. The van der Waals surface area contributed by atoms with Crippen molar-refractivity contribution in [3.8, 4) is 0 Å². The first-order chi connectivity index (χ1) is 15.5. The van der Waals surface area contributed by atoms with Crippen LogP contribution < -0.4 is 4.90 Å². The molecular formula is C24H32Cl2N4O2Si. The fourth-order valence-electron chi connectivity index (χ4n) is 3.78. The third kappa shape index (κ3) is 5.59. The summed E-state index contributed by atoms with van der Waals surface area (Å²) in [5, 5.41) is 0.937. The van der Waals surface area contributed by atoms with Crippen molar-refractivity contribution in [3.05, 3.63) is 52.7 Å². The smallest absolute Gasteiger partial charge is 0.264 e. The van der Waals surface area contributed by atoms with Crippen LogP contribution in [-0.2, 0) is 6.54 Å². The minimum atomic E-state index is -2.36. The Balaban J connectivity index is 1.96. The van der Waals surface area contributed by atoms with Gasteiger partial charge in [-0.1, -0.05) is 44.0 Å². The molecular weight excluding hydrogens is 475 g/mol. The number of fused-ring (bicyclic) bond motifs is 1. The summed E-state index contributed by atoms with van der Waals surface area (Å²) in [6, 6.07) is 8.07. The number of benzene rings is 1. The number of halogens is 2. The van der Waals surface area contributed by atoms with Gasteiger partial charge in [-0.25, -0.2) is 9.97 Å². The highest BCUT2D eigenvalue weighted by Gasteiger charge is 2.37. The van der Waals surface area contributed by atoms with Gasteiger partial charge in [0.1, 0.15) is 22.2 Å². The number of anilines is 1. The molecule has 0 aliphatic heterocycles. The van der Waals surface area contributed by atoms with E-state index in [1.807, 2.05) is 31.3 Å². The maximum absolute atomic E-state index is 13.6. The molecule has 0 saturated carbocycles. The molecule has 0 aliphatic carbocycles. The normalized spacial score (nSPS) is 12.4. The van der Waals surface area contributed by atoms with Gasteiger partial charge in [-0.15, -0.1) is 0 Å². The van der Waals surface area contributed by atoms with Crippen molar-refractivity contribution < 1.29 is 9.59 Å². The molecule has 178 valence electrons. The van der Waals surface area contributed by atoms with E-state index in [4.69, 9.17) is 23.2 Å². The van der Waals surface area contributed by atoms with Gasteiger partial charge in [0.25, 0.3) is 5.91 Å². The van der Waals surface area contributed by atoms with Crippen molar-refractivity contribution in [2.75, 3.05) is 11.4 Å². The number of rotatable bonds is 9. The lowest BCUT2D eigenvalue weighted by atomic mass is 10.1. The Morgan fingerprint density at radius 2 is 1.85 bits per heavy atom. The predicted octanol–water partition coefficient (Wildman–Crippen LogP) is 6.55. The lowest BCUT2D eigenvalue weighted by Gasteiger charge is -2.35. The van der Waals surface area contributed by atoms with Gasteiger partial charge in [-0.3, -0.25) is 4.79 Å². The van der Waals surface area contributed by atoms with Crippen LogP contribution in [0.4, 0.5) is 5.69 Å². The Labute approximate surface area is 206 Å². The Bertz CT molecular complexity index is 1120. The van der Waals surface area contributed by atoms with Gasteiger partial charge in [0.05, 0.1) is 0 Å². The number of nitrogens with zero attached hydrogens (tertiary/aromatic N) is 4. The Morgan fingerprint density at radius 3 is 2.45 bits per heavy atom. The fraction of sp³-hybridized carbons (Fsp3) is 0.458. The fourth-order valence-corrected chi connectivity index (χ4v) is 5.05. The van der Waals surface area contributed by atoms with E-state index >= 15 is 0 Å². The third-order valence-electron chi connectivity index (χ3n) is 6.58. The average Bonchev–Trinajstić information content (AvgIpc) is 3.12. The third-order valence-corrected chi connectivity index (χ3v) is 10.7. The molecule has 1 amide bonds.